The van der Waals surface area contributed by atoms with Gasteiger partial charge in [-0.2, -0.15) is 0 Å². The average Bonchev–Trinajstić information content (AvgIpc) is 2.86. The van der Waals surface area contributed by atoms with Crippen LogP contribution in [0.1, 0.15) is 17.4 Å². The minimum Gasteiger partial charge on any atom is -0.461 e. The van der Waals surface area contributed by atoms with Gasteiger partial charge in [-0.15, -0.1) is 0 Å². The van der Waals surface area contributed by atoms with Crippen molar-refractivity contribution >= 4 is 39.5 Å². The molecule has 3 aromatic rings. The van der Waals surface area contributed by atoms with E-state index >= 15 is 0 Å². The third-order valence-corrected chi connectivity index (χ3v) is 3.10. The molecular formula is C13H10ClN3O2. The van der Waals surface area contributed by atoms with Gasteiger partial charge < -0.3 is 9.72 Å². The molecule has 0 unspecified atom stereocenters. The number of ether oxygens (including phenoxy) is 1. The maximum absolute atomic E-state index is 11.7. The summed E-state index contributed by atoms with van der Waals surface area (Å²) in [6, 6.07) is 5.13. The maximum Gasteiger partial charge on any atom is 0.356 e. The number of carbonyl (C=O) groups is 1. The highest BCUT2D eigenvalue weighted by atomic mass is 35.5. The van der Waals surface area contributed by atoms with Crippen LogP contribution in [-0.2, 0) is 4.74 Å². The first-order valence-corrected chi connectivity index (χ1v) is 6.18. The van der Waals surface area contributed by atoms with E-state index in [1.807, 2.05) is 6.07 Å². The Morgan fingerprint density at radius 1 is 1.42 bits per heavy atom. The highest BCUT2D eigenvalue weighted by Crippen LogP contribution is 2.29. The van der Waals surface area contributed by atoms with Gasteiger partial charge in [0, 0.05) is 5.39 Å². The van der Waals surface area contributed by atoms with Crippen molar-refractivity contribution in [1.82, 2.24) is 15.0 Å². The molecule has 1 aromatic carbocycles. The number of halogens is 1. The fraction of sp³-hybridized carbons (Fsp3) is 0.154. The number of benzene rings is 1. The molecule has 0 atom stereocenters. The number of H-pyrrole nitrogens is 1. The summed E-state index contributed by atoms with van der Waals surface area (Å²) in [4.78, 5) is 23.2. The normalized spacial score (nSPS) is 11.1. The first kappa shape index (κ1) is 11.9. The Kier molecular flexibility index (Phi) is 2.83. The molecular weight excluding hydrogens is 266 g/mol. The Labute approximate surface area is 113 Å². The van der Waals surface area contributed by atoms with Gasteiger partial charge in [0.05, 0.1) is 34.5 Å². The number of rotatable bonds is 2. The minimum absolute atomic E-state index is 0.207. The summed E-state index contributed by atoms with van der Waals surface area (Å²) >= 11 is 6.25. The summed E-state index contributed by atoms with van der Waals surface area (Å²) in [7, 11) is 0. The molecule has 96 valence electrons. The molecule has 3 rings (SSSR count). The number of imidazole rings is 1. The molecule has 6 heteroatoms. The lowest BCUT2D eigenvalue weighted by Gasteiger charge is -2.05. The predicted molar refractivity (Wildman–Crippen MR) is 72.4 cm³/mol. The number of nitrogens with one attached hydrogen (secondary N) is 1. The van der Waals surface area contributed by atoms with E-state index in [-0.39, 0.29) is 5.69 Å². The minimum atomic E-state index is -0.476. The summed E-state index contributed by atoms with van der Waals surface area (Å²) < 4.78 is 4.92. The summed E-state index contributed by atoms with van der Waals surface area (Å²) in [5, 5.41) is 1.20. The molecule has 0 aliphatic heterocycles. The number of esters is 1. The third-order valence-electron chi connectivity index (χ3n) is 2.80. The van der Waals surface area contributed by atoms with Gasteiger partial charge in [0.15, 0.2) is 5.69 Å². The second-order valence-electron chi connectivity index (χ2n) is 3.97. The van der Waals surface area contributed by atoms with Crippen molar-refractivity contribution in [3.63, 3.8) is 0 Å². The zero-order chi connectivity index (χ0) is 13.4. The van der Waals surface area contributed by atoms with Crippen LogP contribution in [0, 0.1) is 0 Å². The Morgan fingerprint density at radius 2 is 2.21 bits per heavy atom. The number of fused-ring (bicyclic) bond motifs is 3. The van der Waals surface area contributed by atoms with Gasteiger partial charge in [-0.25, -0.2) is 14.8 Å². The fourth-order valence-electron chi connectivity index (χ4n) is 2.00. The molecule has 0 bridgehead atoms. The molecule has 5 nitrogen and oxygen atoms in total. The lowest BCUT2D eigenvalue weighted by molar-refractivity contribution is 0.0520. The Morgan fingerprint density at radius 3 is 3.00 bits per heavy atom. The Bertz CT molecular complexity index is 782. The van der Waals surface area contributed by atoms with Crippen molar-refractivity contribution in [1.29, 1.82) is 0 Å². The van der Waals surface area contributed by atoms with Crippen molar-refractivity contribution in [3.8, 4) is 0 Å². The smallest absolute Gasteiger partial charge is 0.356 e. The molecule has 0 aliphatic rings. The zero-order valence-corrected chi connectivity index (χ0v) is 10.9. The van der Waals surface area contributed by atoms with E-state index in [2.05, 4.69) is 15.0 Å². The van der Waals surface area contributed by atoms with Gasteiger partial charge in [-0.3, -0.25) is 0 Å². The van der Waals surface area contributed by atoms with Crippen molar-refractivity contribution < 1.29 is 9.53 Å². The topological polar surface area (TPSA) is 67.9 Å². The molecule has 0 radical (unpaired) electrons. The number of aromatic nitrogens is 3. The fourth-order valence-corrected chi connectivity index (χ4v) is 2.29. The molecule has 2 aromatic heterocycles. The van der Waals surface area contributed by atoms with Crippen molar-refractivity contribution in [2.75, 3.05) is 6.61 Å². The summed E-state index contributed by atoms with van der Waals surface area (Å²) in [6.07, 6.45) is 1.60. The predicted octanol–water partition coefficient (Wildman–Crippen LogP) is 2.94. The van der Waals surface area contributed by atoms with E-state index in [1.165, 1.54) is 6.07 Å². The van der Waals surface area contributed by atoms with Gasteiger partial charge in [0.25, 0.3) is 0 Å². The van der Waals surface area contributed by atoms with Crippen LogP contribution in [0.15, 0.2) is 24.5 Å². The van der Waals surface area contributed by atoms with Crippen LogP contribution in [0.2, 0.25) is 5.02 Å². The first-order valence-electron chi connectivity index (χ1n) is 5.80. The number of hydrogen-bond donors (Lipinski definition) is 1. The van der Waals surface area contributed by atoms with Gasteiger partial charge in [-0.1, -0.05) is 11.6 Å². The average molecular weight is 276 g/mol. The number of pyridine rings is 1. The van der Waals surface area contributed by atoms with E-state index in [0.717, 1.165) is 16.4 Å². The highest BCUT2D eigenvalue weighted by Gasteiger charge is 2.14. The van der Waals surface area contributed by atoms with Crippen LogP contribution in [-0.4, -0.2) is 27.5 Å². The SMILES string of the molecule is CCOC(=O)c1cc(Cl)c2c(ccc3nc[nH]c32)n1. The molecule has 19 heavy (non-hydrogen) atoms. The molecule has 0 saturated heterocycles. The summed E-state index contributed by atoms with van der Waals surface area (Å²) in [5.74, 6) is -0.476. The standard InChI is InChI=1S/C13H10ClN3O2/c1-2-19-13(18)10-5-7(14)11-8(17-10)3-4-9-12(11)16-6-15-9/h3-6H,2H2,1H3,(H,15,16). The maximum atomic E-state index is 11.7. The van der Waals surface area contributed by atoms with E-state index in [9.17, 15) is 4.79 Å². The quantitative estimate of drug-likeness (QED) is 0.730. The van der Waals surface area contributed by atoms with Crippen LogP contribution >= 0.6 is 11.6 Å². The monoisotopic (exact) mass is 275 g/mol. The number of carbonyl (C=O) groups excluding carboxylic acids is 1. The lowest BCUT2D eigenvalue weighted by atomic mass is 10.1. The molecule has 0 aliphatic carbocycles. The molecule has 0 fully saturated rings. The van der Waals surface area contributed by atoms with Gasteiger partial charge in [-0.05, 0) is 25.1 Å². The highest BCUT2D eigenvalue weighted by molar-refractivity contribution is 6.37. The van der Waals surface area contributed by atoms with Crippen LogP contribution in [0.25, 0.3) is 21.9 Å². The Balaban J connectivity index is 2.27. The van der Waals surface area contributed by atoms with E-state index < -0.39 is 5.97 Å². The number of nitrogens with zero attached hydrogens (tertiary/aromatic N) is 2. The summed E-state index contributed by atoms with van der Waals surface area (Å²) in [5.41, 5.74) is 2.45. The van der Waals surface area contributed by atoms with Crippen molar-refractivity contribution in [2.45, 2.75) is 6.92 Å². The first-order chi connectivity index (χ1) is 9.20. The molecule has 2 heterocycles. The molecule has 0 amide bonds. The van der Waals surface area contributed by atoms with E-state index in [1.54, 1.807) is 19.3 Å². The number of aromatic amines is 1. The second kappa shape index (κ2) is 4.51. The van der Waals surface area contributed by atoms with Crippen LogP contribution in [0.4, 0.5) is 0 Å². The Hall–Kier alpha value is -2.14. The van der Waals surface area contributed by atoms with Crippen molar-refractivity contribution in [3.05, 3.63) is 35.2 Å². The van der Waals surface area contributed by atoms with E-state index in [4.69, 9.17) is 16.3 Å². The van der Waals surface area contributed by atoms with Crippen LogP contribution in [0.5, 0.6) is 0 Å². The van der Waals surface area contributed by atoms with Crippen LogP contribution in [0.3, 0.4) is 0 Å². The van der Waals surface area contributed by atoms with E-state index in [0.29, 0.717) is 17.1 Å². The van der Waals surface area contributed by atoms with Crippen molar-refractivity contribution in [2.24, 2.45) is 0 Å². The van der Waals surface area contributed by atoms with Crippen LogP contribution < -0.4 is 0 Å². The largest absolute Gasteiger partial charge is 0.461 e. The summed E-state index contributed by atoms with van der Waals surface area (Å²) in [6.45, 7) is 2.05. The van der Waals surface area contributed by atoms with Gasteiger partial charge >= 0.3 is 5.97 Å². The van der Waals surface area contributed by atoms with Gasteiger partial charge in [0.1, 0.15) is 0 Å². The molecule has 0 saturated carbocycles. The third kappa shape index (κ3) is 1.92. The number of hydrogen-bond acceptors (Lipinski definition) is 4. The second-order valence-corrected chi connectivity index (χ2v) is 4.37. The lowest BCUT2D eigenvalue weighted by Crippen LogP contribution is -2.07. The molecule has 0 spiro atoms. The van der Waals surface area contributed by atoms with Gasteiger partial charge in [0.2, 0.25) is 0 Å². The molecule has 1 N–H and O–H groups in total. The zero-order valence-electron chi connectivity index (χ0n) is 10.1.